The lowest BCUT2D eigenvalue weighted by Crippen LogP contribution is -2.56. The highest BCUT2D eigenvalue weighted by atomic mass is 16.5. The van der Waals surface area contributed by atoms with Gasteiger partial charge in [0.05, 0.1) is 5.69 Å². The Morgan fingerprint density at radius 3 is 2.71 bits per heavy atom. The van der Waals surface area contributed by atoms with E-state index in [9.17, 15) is 0 Å². The van der Waals surface area contributed by atoms with E-state index >= 15 is 0 Å². The Kier molecular flexibility index (Phi) is 4.09. The minimum absolute atomic E-state index is 0.378. The molecule has 1 aliphatic heterocycles. The van der Waals surface area contributed by atoms with E-state index in [4.69, 9.17) is 4.74 Å². The summed E-state index contributed by atoms with van der Waals surface area (Å²) in [6, 6.07) is 6.41. The van der Waals surface area contributed by atoms with Gasteiger partial charge in [0.1, 0.15) is 12.4 Å². The molecular formula is C17H27N3O. The molecule has 21 heavy (non-hydrogen) atoms. The molecule has 0 spiro atoms. The maximum absolute atomic E-state index is 5.87. The Bertz CT molecular complexity index is 497. The average molecular weight is 289 g/mol. The molecule has 0 aromatic heterocycles. The van der Waals surface area contributed by atoms with E-state index < -0.39 is 0 Å². The first kappa shape index (κ1) is 14.7. The number of benzene rings is 1. The van der Waals surface area contributed by atoms with Gasteiger partial charge in [-0.15, -0.1) is 0 Å². The zero-order chi connectivity index (χ0) is 14.9. The van der Waals surface area contributed by atoms with Gasteiger partial charge in [-0.2, -0.15) is 0 Å². The molecule has 1 aromatic carbocycles. The molecule has 1 N–H and O–H groups in total. The highest BCUT2D eigenvalue weighted by molar-refractivity contribution is 5.61. The van der Waals surface area contributed by atoms with Crippen LogP contribution >= 0.6 is 0 Å². The minimum Gasteiger partial charge on any atom is -0.489 e. The van der Waals surface area contributed by atoms with Gasteiger partial charge >= 0.3 is 0 Å². The third-order valence-corrected chi connectivity index (χ3v) is 5.00. The number of hydrogen-bond donors (Lipinski definition) is 1. The second kappa shape index (κ2) is 5.85. The Morgan fingerprint density at radius 2 is 2.05 bits per heavy atom. The fraction of sp³-hybridized carbons (Fsp3) is 0.647. The summed E-state index contributed by atoms with van der Waals surface area (Å²) in [6.45, 7) is 3.73. The van der Waals surface area contributed by atoms with E-state index in [1.54, 1.807) is 0 Å². The Balaban J connectivity index is 1.69. The summed E-state index contributed by atoms with van der Waals surface area (Å²) in [5.74, 6) is 1.04. The maximum atomic E-state index is 5.87. The molecule has 2 aliphatic rings. The zero-order valence-corrected chi connectivity index (χ0v) is 13.5. The predicted molar refractivity (Wildman–Crippen MR) is 87.0 cm³/mol. The molecule has 0 bridgehead atoms. The third kappa shape index (κ3) is 2.87. The molecule has 0 saturated heterocycles. The van der Waals surface area contributed by atoms with Gasteiger partial charge in [-0.05, 0) is 46.5 Å². The van der Waals surface area contributed by atoms with Gasteiger partial charge in [0.25, 0.3) is 0 Å². The largest absolute Gasteiger partial charge is 0.489 e. The standard InChI is InChI=1S/C17H27N3O/c1-19(2)17(8-5-9-17)13-20(3)12-14-6-4-7-15-16(14)21-11-10-18-15/h4,6-7,18H,5,8-13H2,1-3H3. The van der Waals surface area contributed by atoms with Crippen LogP contribution in [0.25, 0.3) is 0 Å². The molecule has 3 rings (SSSR count). The lowest BCUT2D eigenvalue weighted by molar-refractivity contribution is 0.0257. The van der Waals surface area contributed by atoms with Crippen molar-refractivity contribution in [3.63, 3.8) is 0 Å². The molecule has 1 saturated carbocycles. The molecule has 0 unspecified atom stereocenters. The second-order valence-electron chi connectivity index (χ2n) is 6.71. The minimum atomic E-state index is 0.378. The molecule has 1 heterocycles. The van der Waals surface area contributed by atoms with E-state index in [1.165, 1.54) is 24.8 Å². The van der Waals surface area contributed by atoms with Crippen molar-refractivity contribution in [2.75, 3.05) is 46.2 Å². The van der Waals surface area contributed by atoms with Gasteiger partial charge in [-0.3, -0.25) is 0 Å². The summed E-state index contributed by atoms with van der Waals surface area (Å²) in [6.07, 6.45) is 3.99. The number of rotatable bonds is 5. The number of fused-ring (bicyclic) bond motifs is 1. The van der Waals surface area contributed by atoms with Crippen LogP contribution in [0.4, 0.5) is 5.69 Å². The van der Waals surface area contributed by atoms with Crippen molar-refractivity contribution in [2.45, 2.75) is 31.3 Å². The van der Waals surface area contributed by atoms with Crippen molar-refractivity contribution in [1.29, 1.82) is 0 Å². The van der Waals surface area contributed by atoms with Gasteiger partial charge in [-0.1, -0.05) is 12.1 Å². The second-order valence-corrected chi connectivity index (χ2v) is 6.71. The summed E-state index contributed by atoms with van der Waals surface area (Å²) in [4.78, 5) is 4.85. The molecule has 116 valence electrons. The van der Waals surface area contributed by atoms with E-state index in [-0.39, 0.29) is 0 Å². The summed E-state index contributed by atoms with van der Waals surface area (Å²) in [5, 5.41) is 3.41. The number of likely N-dealkylation sites (N-methyl/N-ethyl adjacent to an activating group) is 2. The number of anilines is 1. The van der Waals surface area contributed by atoms with Crippen LogP contribution in [0.5, 0.6) is 5.75 Å². The molecule has 0 radical (unpaired) electrons. The van der Waals surface area contributed by atoms with Gasteiger partial charge in [0.15, 0.2) is 0 Å². The lowest BCUT2D eigenvalue weighted by Gasteiger charge is -2.49. The van der Waals surface area contributed by atoms with Crippen LogP contribution in [0, 0.1) is 0 Å². The molecule has 4 nitrogen and oxygen atoms in total. The van der Waals surface area contributed by atoms with Crippen molar-refractivity contribution < 1.29 is 4.74 Å². The Hall–Kier alpha value is -1.26. The molecule has 1 aliphatic carbocycles. The first-order valence-corrected chi connectivity index (χ1v) is 7.95. The van der Waals surface area contributed by atoms with Crippen molar-refractivity contribution in [2.24, 2.45) is 0 Å². The summed E-state index contributed by atoms with van der Waals surface area (Å²) >= 11 is 0. The molecule has 0 atom stereocenters. The Labute approximate surface area is 128 Å². The Morgan fingerprint density at radius 1 is 1.24 bits per heavy atom. The van der Waals surface area contributed by atoms with Crippen LogP contribution in [0.2, 0.25) is 0 Å². The van der Waals surface area contributed by atoms with E-state index in [0.29, 0.717) is 5.54 Å². The highest BCUT2D eigenvalue weighted by Crippen LogP contribution is 2.37. The molecule has 4 heteroatoms. The zero-order valence-electron chi connectivity index (χ0n) is 13.5. The van der Waals surface area contributed by atoms with Crippen LogP contribution in [0.1, 0.15) is 24.8 Å². The quantitative estimate of drug-likeness (QED) is 0.901. The van der Waals surface area contributed by atoms with Gasteiger partial charge in [-0.25, -0.2) is 0 Å². The van der Waals surface area contributed by atoms with Crippen molar-refractivity contribution in [3.8, 4) is 5.75 Å². The molecule has 1 fully saturated rings. The summed E-state index contributed by atoms with van der Waals surface area (Å²) < 4.78 is 5.87. The van der Waals surface area contributed by atoms with Crippen LogP contribution in [0.15, 0.2) is 18.2 Å². The van der Waals surface area contributed by atoms with Crippen molar-refractivity contribution in [1.82, 2.24) is 9.80 Å². The van der Waals surface area contributed by atoms with E-state index in [1.807, 2.05) is 0 Å². The van der Waals surface area contributed by atoms with Crippen LogP contribution in [-0.4, -0.2) is 56.2 Å². The highest BCUT2D eigenvalue weighted by Gasteiger charge is 2.39. The van der Waals surface area contributed by atoms with Crippen LogP contribution < -0.4 is 10.1 Å². The lowest BCUT2D eigenvalue weighted by atomic mass is 9.75. The number of ether oxygens (including phenoxy) is 1. The molecular weight excluding hydrogens is 262 g/mol. The molecule has 0 amide bonds. The smallest absolute Gasteiger partial charge is 0.146 e. The van der Waals surface area contributed by atoms with Gasteiger partial charge in [0, 0.05) is 30.7 Å². The number of nitrogens with zero attached hydrogens (tertiary/aromatic N) is 2. The normalized spacial score (nSPS) is 19.7. The number of para-hydroxylation sites is 1. The first-order chi connectivity index (χ1) is 10.1. The number of hydrogen-bond acceptors (Lipinski definition) is 4. The fourth-order valence-electron chi connectivity index (χ4n) is 3.54. The SMILES string of the molecule is CN(Cc1cccc2c1OCCN2)CC1(N(C)C)CCC1. The van der Waals surface area contributed by atoms with Gasteiger partial charge in [0.2, 0.25) is 0 Å². The fourth-order valence-corrected chi connectivity index (χ4v) is 3.54. The van der Waals surface area contributed by atoms with Crippen molar-refractivity contribution >= 4 is 5.69 Å². The number of nitrogens with one attached hydrogen (secondary N) is 1. The maximum Gasteiger partial charge on any atom is 0.146 e. The average Bonchev–Trinajstić information content (AvgIpc) is 2.43. The van der Waals surface area contributed by atoms with Gasteiger partial charge < -0.3 is 19.9 Å². The predicted octanol–water partition coefficient (Wildman–Crippen LogP) is 2.41. The van der Waals surface area contributed by atoms with Crippen LogP contribution in [-0.2, 0) is 6.54 Å². The van der Waals surface area contributed by atoms with E-state index in [0.717, 1.165) is 37.7 Å². The first-order valence-electron chi connectivity index (χ1n) is 7.95. The summed E-state index contributed by atoms with van der Waals surface area (Å²) in [7, 11) is 6.65. The van der Waals surface area contributed by atoms with Crippen molar-refractivity contribution in [3.05, 3.63) is 23.8 Å². The topological polar surface area (TPSA) is 27.7 Å². The third-order valence-electron chi connectivity index (χ3n) is 5.00. The monoisotopic (exact) mass is 289 g/mol. The summed E-state index contributed by atoms with van der Waals surface area (Å²) in [5.41, 5.74) is 2.80. The van der Waals surface area contributed by atoms with Crippen LogP contribution in [0.3, 0.4) is 0 Å². The molecule has 1 aromatic rings. The van der Waals surface area contributed by atoms with E-state index in [2.05, 4.69) is 54.5 Å².